The Morgan fingerprint density at radius 3 is 2.21 bits per heavy atom. The topological polar surface area (TPSA) is 257 Å². The van der Waals surface area contributed by atoms with Gasteiger partial charge < -0.3 is 43.2 Å². The summed E-state index contributed by atoms with van der Waals surface area (Å²) in [6.07, 6.45) is 4.89. The van der Waals surface area contributed by atoms with Crippen LogP contribution in [0.3, 0.4) is 0 Å². The normalized spacial score (nSPS) is 13.5. The second-order valence-corrected chi connectivity index (χ2v) is 9.20. The van der Waals surface area contributed by atoms with Gasteiger partial charge in [0, 0.05) is 12.2 Å². The zero-order valence-electron chi connectivity index (χ0n) is 19.1. The Balaban J connectivity index is -0.00000300. The van der Waals surface area contributed by atoms with Crippen molar-refractivity contribution in [2.24, 2.45) is 0 Å². The van der Waals surface area contributed by atoms with Gasteiger partial charge in [-0.15, -0.1) is 0 Å². The van der Waals surface area contributed by atoms with Crippen LogP contribution in [0.1, 0.15) is 37.0 Å². The van der Waals surface area contributed by atoms with E-state index in [1.165, 1.54) is 13.2 Å². The Morgan fingerprint density at radius 1 is 1.03 bits per heavy atom. The summed E-state index contributed by atoms with van der Waals surface area (Å²) >= 11 is 0. The van der Waals surface area contributed by atoms with Crippen molar-refractivity contribution in [3.63, 3.8) is 0 Å². The molecule has 0 amide bonds. The third-order valence-electron chi connectivity index (χ3n) is 3.80. The maximum Gasteiger partial charge on any atom is 0.481 e. The fourth-order valence-corrected chi connectivity index (χ4v) is 3.84. The number of phosphoric ester groups is 1. The Bertz CT molecular complexity index is 887. The average Bonchev–Trinajstić information content (AvgIpc) is 2.63. The Hall–Kier alpha value is -1.89. The van der Waals surface area contributed by atoms with E-state index in [2.05, 4.69) is 14.2 Å². The molecule has 0 fully saturated rings. The number of methoxy groups -OCH3 is 1. The number of allylic oxidation sites excluding steroid dienone is 2. The molecule has 13 nitrogen and oxygen atoms in total. The maximum absolute atomic E-state index is 11.8. The number of carbonyl (C=O) groups is 1. The first-order valence-electron chi connectivity index (χ1n) is 8.90. The number of esters is 1. The fourth-order valence-electron chi connectivity index (χ4n) is 2.31. The zero-order valence-corrected chi connectivity index (χ0v) is 20.9. The molecule has 1 atom stereocenters. The summed E-state index contributed by atoms with van der Waals surface area (Å²) < 4.78 is 34.8. The van der Waals surface area contributed by atoms with Gasteiger partial charge in [-0.1, -0.05) is 35.4 Å². The Labute approximate surface area is 193 Å². The summed E-state index contributed by atoms with van der Waals surface area (Å²) in [7, 11) is -8.61. The van der Waals surface area contributed by atoms with E-state index in [0.29, 0.717) is 30.6 Å². The molecule has 0 aliphatic rings. The zero-order chi connectivity index (χ0) is 22.8. The molecule has 0 aliphatic heterocycles. The quantitative estimate of drug-likeness (QED) is 0.117. The van der Waals surface area contributed by atoms with Crippen LogP contribution in [-0.2, 0) is 22.7 Å². The molecule has 0 radical (unpaired) electrons. The number of nitrogens with one attached hydrogen (secondary N) is 1. The molecule has 0 saturated heterocycles. The molecule has 13 N–H and O–H groups in total. The van der Waals surface area contributed by atoms with Gasteiger partial charge in [-0.25, -0.2) is 13.9 Å². The molecule has 0 aliphatic carbocycles. The molecule has 192 valence electrons. The lowest BCUT2D eigenvalue weighted by Crippen LogP contribution is -2.09. The predicted molar refractivity (Wildman–Crippen MR) is 127 cm³/mol. The Kier molecular flexibility index (Phi) is 18.0. The van der Waals surface area contributed by atoms with Crippen molar-refractivity contribution in [2.45, 2.75) is 26.7 Å². The van der Waals surface area contributed by atoms with E-state index in [4.69, 9.17) is 14.5 Å². The molecule has 0 bridgehead atoms. The monoisotopic (exact) mass is 514 g/mol. The van der Waals surface area contributed by atoms with E-state index in [1.807, 2.05) is 19.1 Å². The maximum atomic E-state index is 11.8. The summed E-state index contributed by atoms with van der Waals surface area (Å²) in [6, 6.07) is 7.05. The fraction of sp³-hybridized carbons (Fsp3) is 0.389. The lowest BCUT2D eigenvalue weighted by atomic mass is 10.1. The standard InChI is InChI=1S/C18H27NO9P2.3H3N/c1-14(11-12-27-30(24,25)28-29(21,22)23)7-6-8-15(2)13-19-17-10-5-4-9-16(17)18(20)26-3;;;/h4-5,8-11,19H,6-7,12-13H2,1-3H3,(H,24,25)(H2,21,22,23);3*1H3/b14-11+,15-8+;;;. The highest BCUT2D eigenvalue weighted by Crippen LogP contribution is 2.57. The number of ether oxygens (including phenoxy) is 1. The van der Waals surface area contributed by atoms with Gasteiger partial charge in [0.25, 0.3) is 0 Å². The van der Waals surface area contributed by atoms with Gasteiger partial charge in [0.15, 0.2) is 0 Å². The first kappa shape index (κ1) is 35.7. The highest BCUT2D eigenvalue weighted by atomic mass is 31.3. The smallest absolute Gasteiger partial charge is 0.465 e. The van der Waals surface area contributed by atoms with E-state index in [0.717, 1.165) is 11.1 Å². The summed E-state index contributed by atoms with van der Waals surface area (Å²) in [5.41, 5.74) is 3.04. The van der Waals surface area contributed by atoms with E-state index < -0.39 is 21.6 Å². The number of hydrogen-bond acceptors (Lipinski definition) is 10. The lowest BCUT2D eigenvalue weighted by molar-refractivity contribution is 0.0601. The van der Waals surface area contributed by atoms with Gasteiger partial charge >= 0.3 is 21.6 Å². The molecule has 1 aromatic carbocycles. The van der Waals surface area contributed by atoms with Crippen LogP contribution in [0.15, 0.2) is 47.6 Å². The summed E-state index contributed by atoms with van der Waals surface area (Å²) in [6.45, 7) is 3.95. The van der Waals surface area contributed by atoms with Crippen LogP contribution in [-0.4, -0.2) is 40.9 Å². The molecule has 1 unspecified atom stereocenters. The van der Waals surface area contributed by atoms with E-state index in [-0.39, 0.29) is 25.1 Å². The molecule has 0 aromatic heterocycles. The molecule has 0 heterocycles. The number of anilines is 1. The van der Waals surface area contributed by atoms with Crippen LogP contribution in [0.4, 0.5) is 5.69 Å². The molecular weight excluding hydrogens is 478 g/mol. The molecule has 0 spiro atoms. The van der Waals surface area contributed by atoms with Crippen LogP contribution in [0.25, 0.3) is 0 Å². The molecule has 0 saturated carbocycles. The minimum atomic E-state index is -5.12. The number of benzene rings is 1. The van der Waals surface area contributed by atoms with Gasteiger partial charge in [-0.3, -0.25) is 4.52 Å². The minimum Gasteiger partial charge on any atom is -0.465 e. The third kappa shape index (κ3) is 15.6. The van der Waals surface area contributed by atoms with Crippen LogP contribution >= 0.6 is 15.6 Å². The van der Waals surface area contributed by atoms with Crippen LogP contribution < -0.4 is 23.8 Å². The van der Waals surface area contributed by atoms with Crippen molar-refractivity contribution in [3.05, 3.63) is 53.1 Å². The van der Waals surface area contributed by atoms with E-state index in [1.54, 1.807) is 25.1 Å². The minimum absolute atomic E-state index is 0. The van der Waals surface area contributed by atoms with Gasteiger partial charge in [-0.2, -0.15) is 4.31 Å². The van der Waals surface area contributed by atoms with Crippen molar-refractivity contribution in [1.82, 2.24) is 18.5 Å². The van der Waals surface area contributed by atoms with E-state index in [9.17, 15) is 18.8 Å². The van der Waals surface area contributed by atoms with Crippen molar-refractivity contribution in [1.29, 1.82) is 0 Å². The number of para-hydroxylation sites is 1. The average molecular weight is 514 g/mol. The van der Waals surface area contributed by atoms with Crippen molar-refractivity contribution in [3.8, 4) is 0 Å². The third-order valence-corrected chi connectivity index (χ3v) is 5.95. The largest absolute Gasteiger partial charge is 0.481 e. The molecule has 15 heteroatoms. The van der Waals surface area contributed by atoms with Crippen molar-refractivity contribution in [2.75, 3.05) is 25.6 Å². The van der Waals surface area contributed by atoms with Gasteiger partial charge in [0.1, 0.15) is 0 Å². The van der Waals surface area contributed by atoms with E-state index >= 15 is 0 Å². The SMILES string of the molecule is COC(=O)c1ccccc1NC/C(C)=C/CC/C(C)=C/COP(=O)(O)OP(=O)(O)O.N.N.N. The number of hydrogen-bond donors (Lipinski definition) is 7. The second kappa shape index (κ2) is 16.7. The number of phosphoric acid groups is 2. The first-order valence-corrected chi connectivity index (χ1v) is 11.9. The molecule has 1 aromatic rings. The van der Waals surface area contributed by atoms with Crippen LogP contribution in [0.5, 0.6) is 0 Å². The second-order valence-electron chi connectivity index (χ2n) is 6.37. The van der Waals surface area contributed by atoms with Gasteiger partial charge in [0.05, 0.1) is 19.3 Å². The van der Waals surface area contributed by atoms with Gasteiger partial charge in [0.2, 0.25) is 0 Å². The van der Waals surface area contributed by atoms with Gasteiger partial charge in [-0.05, 0) is 38.8 Å². The lowest BCUT2D eigenvalue weighted by Gasteiger charge is -2.11. The summed E-state index contributed by atoms with van der Waals surface area (Å²) in [5, 5.41) is 3.20. The molecule has 33 heavy (non-hydrogen) atoms. The summed E-state index contributed by atoms with van der Waals surface area (Å²) in [4.78, 5) is 38.0. The Morgan fingerprint density at radius 2 is 1.64 bits per heavy atom. The highest BCUT2D eigenvalue weighted by molar-refractivity contribution is 7.60. The number of rotatable bonds is 12. The molecule has 1 rings (SSSR count). The highest BCUT2D eigenvalue weighted by Gasteiger charge is 2.31. The number of carbonyl (C=O) groups excluding carboxylic acids is 1. The molecular formula is C18H36N4O9P2. The summed E-state index contributed by atoms with van der Waals surface area (Å²) in [5.74, 6) is -0.415. The first-order chi connectivity index (χ1) is 13.9. The van der Waals surface area contributed by atoms with Crippen molar-refractivity contribution >= 4 is 27.3 Å². The van der Waals surface area contributed by atoms with Crippen molar-refractivity contribution < 1.29 is 42.2 Å². The predicted octanol–water partition coefficient (Wildman–Crippen LogP) is 4.27. The van der Waals surface area contributed by atoms with Crippen LogP contribution in [0.2, 0.25) is 0 Å². The van der Waals surface area contributed by atoms with Crippen LogP contribution in [0, 0.1) is 0 Å².